The highest BCUT2D eigenvalue weighted by Gasteiger charge is 2.31. The number of nitrogens with one attached hydrogen (secondary N) is 1. The summed E-state index contributed by atoms with van der Waals surface area (Å²) in [4.78, 5) is 12.1. The SMILES string of the molecule is Cl.NCC(NC(=O)c1ccc2c(c1)COC2)C1CC1. The summed E-state index contributed by atoms with van der Waals surface area (Å²) in [6.45, 7) is 1.79. The fourth-order valence-electron chi connectivity index (χ4n) is 2.43. The number of hydrogen-bond acceptors (Lipinski definition) is 3. The van der Waals surface area contributed by atoms with Crippen molar-refractivity contribution in [1.82, 2.24) is 5.32 Å². The molecular weight excluding hydrogens is 264 g/mol. The minimum Gasteiger partial charge on any atom is -0.372 e. The van der Waals surface area contributed by atoms with Crippen LogP contribution in [0.25, 0.3) is 0 Å². The second-order valence-corrected chi connectivity index (χ2v) is 5.13. The molecule has 1 amide bonds. The van der Waals surface area contributed by atoms with Gasteiger partial charge in [-0.15, -0.1) is 12.4 Å². The number of carbonyl (C=O) groups is 1. The Balaban J connectivity index is 0.00000133. The summed E-state index contributed by atoms with van der Waals surface area (Å²) in [6.07, 6.45) is 2.36. The van der Waals surface area contributed by atoms with Crippen LogP contribution in [0.3, 0.4) is 0 Å². The standard InChI is InChI=1S/C14H18N2O2.ClH/c15-6-13(9-1-2-9)16-14(17)10-3-4-11-7-18-8-12(11)5-10;/h3-5,9,13H,1-2,6-8,15H2,(H,16,17);1H. The second-order valence-electron chi connectivity index (χ2n) is 5.13. The van der Waals surface area contributed by atoms with E-state index in [4.69, 9.17) is 10.5 Å². The Hall–Kier alpha value is -1.10. The minimum atomic E-state index is -0.0212. The first-order valence-corrected chi connectivity index (χ1v) is 6.48. The van der Waals surface area contributed by atoms with E-state index in [9.17, 15) is 4.79 Å². The maximum Gasteiger partial charge on any atom is 0.251 e. The van der Waals surface area contributed by atoms with Crippen LogP contribution >= 0.6 is 12.4 Å². The van der Waals surface area contributed by atoms with Gasteiger partial charge in [0.1, 0.15) is 0 Å². The van der Waals surface area contributed by atoms with Gasteiger partial charge >= 0.3 is 0 Å². The Kier molecular flexibility index (Phi) is 4.45. The highest BCUT2D eigenvalue weighted by molar-refractivity contribution is 5.94. The smallest absolute Gasteiger partial charge is 0.251 e. The third-order valence-corrected chi connectivity index (χ3v) is 3.75. The molecule has 0 saturated heterocycles. The van der Waals surface area contributed by atoms with Gasteiger partial charge in [0.2, 0.25) is 0 Å². The second kappa shape index (κ2) is 5.90. The zero-order valence-electron chi connectivity index (χ0n) is 10.7. The number of benzene rings is 1. The average molecular weight is 283 g/mol. The molecule has 1 heterocycles. The van der Waals surface area contributed by atoms with Crippen LogP contribution in [0.4, 0.5) is 0 Å². The third kappa shape index (κ3) is 3.08. The highest BCUT2D eigenvalue weighted by Crippen LogP contribution is 2.32. The fraction of sp³-hybridized carbons (Fsp3) is 0.500. The Morgan fingerprint density at radius 1 is 1.37 bits per heavy atom. The molecule has 1 aromatic carbocycles. The Morgan fingerprint density at radius 3 is 2.79 bits per heavy atom. The number of fused-ring (bicyclic) bond motifs is 1. The number of ether oxygens (including phenoxy) is 1. The summed E-state index contributed by atoms with van der Waals surface area (Å²) in [5.74, 6) is 0.559. The quantitative estimate of drug-likeness (QED) is 0.882. The average Bonchev–Trinajstić information content (AvgIpc) is 3.12. The van der Waals surface area contributed by atoms with Crippen LogP contribution in [0.1, 0.15) is 34.3 Å². The maximum atomic E-state index is 12.1. The predicted molar refractivity (Wildman–Crippen MR) is 75.2 cm³/mol. The highest BCUT2D eigenvalue weighted by atomic mass is 35.5. The van der Waals surface area contributed by atoms with Gasteiger partial charge in [-0.2, -0.15) is 0 Å². The number of amides is 1. The molecule has 3 N–H and O–H groups in total. The number of hydrogen-bond donors (Lipinski definition) is 2. The first-order chi connectivity index (χ1) is 8.78. The molecule has 4 nitrogen and oxygen atoms in total. The molecule has 0 aromatic heterocycles. The van der Waals surface area contributed by atoms with Crippen molar-refractivity contribution in [1.29, 1.82) is 0 Å². The first-order valence-electron chi connectivity index (χ1n) is 6.48. The number of halogens is 1. The van der Waals surface area contributed by atoms with Crippen molar-refractivity contribution in [3.63, 3.8) is 0 Å². The summed E-state index contributed by atoms with van der Waals surface area (Å²) < 4.78 is 5.35. The van der Waals surface area contributed by atoms with Crippen molar-refractivity contribution in [3.8, 4) is 0 Å². The molecule has 2 aliphatic rings. The van der Waals surface area contributed by atoms with Gasteiger partial charge in [-0.05, 0) is 42.0 Å². The molecule has 0 radical (unpaired) electrons. The van der Waals surface area contributed by atoms with Gasteiger partial charge in [-0.25, -0.2) is 0 Å². The molecule has 1 saturated carbocycles. The molecule has 0 spiro atoms. The number of carbonyl (C=O) groups excluding carboxylic acids is 1. The van der Waals surface area contributed by atoms with Gasteiger partial charge in [-0.3, -0.25) is 4.79 Å². The molecule has 19 heavy (non-hydrogen) atoms. The lowest BCUT2D eigenvalue weighted by molar-refractivity contribution is 0.0933. The molecule has 1 aliphatic heterocycles. The maximum absolute atomic E-state index is 12.1. The van der Waals surface area contributed by atoms with Crippen molar-refractivity contribution in [2.45, 2.75) is 32.1 Å². The zero-order valence-corrected chi connectivity index (χ0v) is 11.5. The molecule has 5 heteroatoms. The molecule has 3 rings (SSSR count). The van der Waals surface area contributed by atoms with Gasteiger partial charge in [0.15, 0.2) is 0 Å². The molecular formula is C14H19ClN2O2. The lowest BCUT2D eigenvalue weighted by Gasteiger charge is -2.16. The van der Waals surface area contributed by atoms with Crippen LogP contribution in [0, 0.1) is 5.92 Å². The molecule has 0 bridgehead atoms. The van der Waals surface area contributed by atoms with Gasteiger partial charge in [0.05, 0.1) is 13.2 Å². The van der Waals surface area contributed by atoms with Crippen LogP contribution in [0.2, 0.25) is 0 Å². The zero-order chi connectivity index (χ0) is 12.5. The van der Waals surface area contributed by atoms with Crippen LogP contribution in [0.5, 0.6) is 0 Å². The van der Waals surface area contributed by atoms with E-state index in [1.165, 1.54) is 18.4 Å². The summed E-state index contributed by atoms with van der Waals surface area (Å²) >= 11 is 0. The van der Waals surface area contributed by atoms with Crippen molar-refractivity contribution < 1.29 is 9.53 Å². The Labute approximate surface area is 119 Å². The van der Waals surface area contributed by atoms with Gasteiger partial charge in [0, 0.05) is 18.2 Å². The van der Waals surface area contributed by atoms with Crippen molar-refractivity contribution in [2.24, 2.45) is 11.7 Å². The summed E-state index contributed by atoms with van der Waals surface area (Å²) in [6, 6.07) is 5.90. The van der Waals surface area contributed by atoms with E-state index < -0.39 is 0 Å². The Morgan fingerprint density at radius 2 is 2.11 bits per heavy atom. The summed E-state index contributed by atoms with van der Waals surface area (Å²) in [5.41, 5.74) is 8.71. The summed E-state index contributed by atoms with van der Waals surface area (Å²) in [7, 11) is 0. The van der Waals surface area contributed by atoms with Crippen molar-refractivity contribution in [3.05, 3.63) is 34.9 Å². The molecule has 1 unspecified atom stereocenters. The lowest BCUT2D eigenvalue weighted by Crippen LogP contribution is -2.41. The van der Waals surface area contributed by atoms with Gasteiger partial charge < -0.3 is 15.8 Å². The van der Waals surface area contributed by atoms with E-state index >= 15 is 0 Å². The first kappa shape index (κ1) is 14.3. The molecule has 1 aromatic rings. The van der Waals surface area contributed by atoms with Crippen LogP contribution in [-0.2, 0) is 18.0 Å². The van der Waals surface area contributed by atoms with Crippen LogP contribution < -0.4 is 11.1 Å². The van der Waals surface area contributed by atoms with Crippen LogP contribution in [-0.4, -0.2) is 18.5 Å². The van der Waals surface area contributed by atoms with E-state index in [2.05, 4.69) is 5.32 Å². The summed E-state index contributed by atoms with van der Waals surface area (Å²) in [5, 5.41) is 3.03. The van der Waals surface area contributed by atoms with Crippen molar-refractivity contribution in [2.75, 3.05) is 6.54 Å². The van der Waals surface area contributed by atoms with Crippen LogP contribution in [0.15, 0.2) is 18.2 Å². The minimum absolute atomic E-state index is 0. The van der Waals surface area contributed by atoms with Gasteiger partial charge in [-0.1, -0.05) is 6.07 Å². The van der Waals surface area contributed by atoms with E-state index in [0.717, 1.165) is 5.56 Å². The fourth-order valence-corrected chi connectivity index (χ4v) is 2.43. The van der Waals surface area contributed by atoms with Crippen molar-refractivity contribution >= 4 is 18.3 Å². The molecule has 104 valence electrons. The topological polar surface area (TPSA) is 64.3 Å². The Bertz CT molecular complexity index is 475. The predicted octanol–water partition coefficient (Wildman–Crippen LogP) is 1.61. The molecule has 1 fully saturated rings. The largest absolute Gasteiger partial charge is 0.372 e. The van der Waals surface area contributed by atoms with E-state index in [-0.39, 0.29) is 24.4 Å². The number of rotatable bonds is 4. The van der Waals surface area contributed by atoms with E-state index in [1.54, 1.807) is 0 Å². The monoisotopic (exact) mass is 282 g/mol. The van der Waals surface area contributed by atoms with E-state index in [1.807, 2.05) is 18.2 Å². The third-order valence-electron chi connectivity index (χ3n) is 3.75. The normalized spacial score (nSPS) is 18.4. The lowest BCUT2D eigenvalue weighted by atomic mass is 10.1. The number of nitrogens with two attached hydrogens (primary N) is 1. The molecule has 1 atom stereocenters. The molecule has 1 aliphatic carbocycles. The van der Waals surface area contributed by atoms with Gasteiger partial charge in [0.25, 0.3) is 5.91 Å². The van der Waals surface area contributed by atoms with E-state index in [0.29, 0.717) is 31.2 Å².